The second-order valence-corrected chi connectivity index (χ2v) is 3.91. The van der Waals surface area contributed by atoms with E-state index in [0.717, 1.165) is 16.8 Å². The number of carbonyl (C=O) groups is 1. The van der Waals surface area contributed by atoms with Crippen molar-refractivity contribution in [2.45, 2.75) is 6.54 Å². The van der Waals surface area contributed by atoms with Crippen molar-refractivity contribution in [3.05, 3.63) is 57.1 Å². The van der Waals surface area contributed by atoms with E-state index in [-0.39, 0.29) is 6.54 Å². The molecule has 0 saturated heterocycles. The van der Waals surface area contributed by atoms with Crippen LogP contribution in [0.3, 0.4) is 0 Å². The van der Waals surface area contributed by atoms with Gasteiger partial charge in [0.15, 0.2) is 0 Å². The van der Waals surface area contributed by atoms with Crippen LogP contribution in [0.4, 0.5) is 11.4 Å². The van der Waals surface area contributed by atoms with Crippen molar-refractivity contribution in [3.63, 3.8) is 0 Å². The zero-order valence-corrected chi connectivity index (χ0v) is 9.92. The lowest BCUT2D eigenvalue weighted by Gasteiger charge is -2.07. The van der Waals surface area contributed by atoms with Crippen LogP contribution in [-0.2, 0) is 11.3 Å². The van der Waals surface area contributed by atoms with Crippen molar-refractivity contribution in [3.8, 4) is 0 Å². The molecule has 0 bridgehead atoms. The number of nitrogens with one attached hydrogen (secondary N) is 2. The molecule has 2 rings (SSSR count). The van der Waals surface area contributed by atoms with Crippen molar-refractivity contribution in [1.82, 2.24) is 9.78 Å². The van der Waals surface area contributed by atoms with E-state index in [1.807, 2.05) is 0 Å². The minimum absolute atomic E-state index is 0.274. The number of rotatable bonds is 3. The normalized spacial score (nSPS) is 10.1. The van der Waals surface area contributed by atoms with Crippen LogP contribution in [0.1, 0.15) is 0 Å². The molecule has 1 aromatic carbocycles. The zero-order chi connectivity index (χ0) is 13.8. The Balaban J connectivity index is 2.12. The Morgan fingerprint density at radius 3 is 2.79 bits per heavy atom. The molecule has 7 heteroatoms. The van der Waals surface area contributed by atoms with Crippen molar-refractivity contribution in [2.75, 3.05) is 11.1 Å². The maximum atomic E-state index is 11.7. The Labute approximate surface area is 107 Å². The molecule has 0 saturated carbocycles. The first-order valence-corrected chi connectivity index (χ1v) is 5.50. The van der Waals surface area contributed by atoms with Gasteiger partial charge in [-0.2, -0.15) is 0 Å². The van der Waals surface area contributed by atoms with E-state index in [1.54, 1.807) is 24.3 Å². The monoisotopic (exact) mass is 260 g/mol. The number of amides is 1. The number of carbonyl (C=O) groups excluding carboxylic acids is 1. The van der Waals surface area contributed by atoms with Crippen molar-refractivity contribution >= 4 is 17.3 Å². The van der Waals surface area contributed by atoms with Gasteiger partial charge in [0.1, 0.15) is 6.54 Å². The second kappa shape index (κ2) is 5.21. The maximum absolute atomic E-state index is 11.7. The Morgan fingerprint density at radius 2 is 2.05 bits per heavy atom. The summed E-state index contributed by atoms with van der Waals surface area (Å²) in [6.45, 7) is -0.274. The second-order valence-electron chi connectivity index (χ2n) is 3.91. The van der Waals surface area contributed by atoms with Crippen LogP contribution < -0.4 is 22.2 Å². The minimum Gasteiger partial charge on any atom is -0.399 e. The van der Waals surface area contributed by atoms with E-state index in [0.29, 0.717) is 11.4 Å². The van der Waals surface area contributed by atoms with E-state index in [9.17, 15) is 14.4 Å². The number of nitrogen functional groups attached to an aromatic ring is 1. The van der Waals surface area contributed by atoms with Gasteiger partial charge >= 0.3 is 0 Å². The minimum atomic E-state index is -0.456. The van der Waals surface area contributed by atoms with Gasteiger partial charge in [0.2, 0.25) is 5.91 Å². The average Bonchev–Trinajstić information content (AvgIpc) is 2.34. The number of aromatic amines is 1. The summed E-state index contributed by atoms with van der Waals surface area (Å²) in [6, 6.07) is 8.86. The van der Waals surface area contributed by atoms with Gasteiger partial charge in [0.05, 0.1) is 0 Å². The molecule has 4 N–H and O–H groups in total. The third-order valence-corrected chi connectivity index (χ3v) is 2.36. The van der Waals surface area contributed by atoms with Crippen LogP contribution in [0.25, 0.3) is 0 Å². The number of anilines is 2. The topological polar surface area (TPSA) is 110 Å². The predicted molar refractivity (Wildman–Crippen MR) is 70.8 cm³/mol. The number of hydrogen-bond donors (Lipinski definition) is 3. The van der Waals surface area contributed by atoms with E-state index >= 15 is 0 Å². The molecule has 0 spiro atoms. The number of aromatic nitrogens is 2. The fourth-order valence-electron chi connectivity index (χ4n) is 1.54. The standard InChI is InChI=1S/C12H12N4O3/c13-8-2-1-3-9(6-8)14-11(18)7-16-12(19)5-4-10(17)15-16/h1-6H,7,13H2,(H,14,18)(H,15,17). The number of nitrogens with two attached hydrogens (primary N) is 1. The van der Waals surface area contributed by atoms with Crippen molar-refractivity contribution in [1.29, 1.82) is 0 Å². The summed E-state index contributed by atoms with van der Waals surface area (Å²) < 4.78 is 0.934. The third kappa shape index (κ3) is 3.32. The number of hydrogen-bond acceptors (Lipinski definition) is 4. The molecule has 0 aliphatic rings. The highest BCUT2D eigenvalue weighted by atomic mass is 16.2. The molecule has 0 aliphatic heterocycles. The van der Waals surface area contributed by atoms with Gasteiger partial charge in [-0.1, -0.05) is 6.07 Å². The SMILES string of the molecule is Nc1cccc(NC(=O)Cn2[nH]c(=O)ccc2=O)c1. The van der Waals surface area contributed by atoms with Gasteiger partial charge < -0.3 is 11.1 Å². The summed E-state index contributed by atoms with van der Waals surface area (Å²) in [6.07, 6.45) is 0. The lowest BCUT2D eigenvalue weighted by atomic mass is 10.3. The summed E-state index contributed by atoms with van der Waals surface area (Å²) in [4.78, 5) is 34.2. The molecular formula is C12H12N4O3. The zero-order valence-electron chi connectivity index (χ0n) is 9.92. The average molecular weight is 260 g/mol. The van der Waals surface area contributed by atoms with Crippen LogP contribution >= 0.6 is 0 Å². The molecule has 2 aromatic rings. The molecular weight excluding hydrogens is 248 g/mol. The maximum Gasteiger partial charge on any atom is 0.265 e. The number of nitrogens with zero attached hydrogens (tertiary/aromatic N) is 1. The quantitative estimate of drug-likeness (QED) is 0.661. The fourth-order valence-corrected chi connectivity index (χ4v) is 1.54. The van der Waals surface area contributed by atoms with Gasteiger partial charge in [-0.15, -0.1) is 0 Å². The summed E-state index contributed by atoms with van der Waals surface area (Å²) in [5, 5.41) is 4.84. The smallest absolute Gasteiger partial charge is 0.265 e. The van der Waals surface area contributed by atoms with Crippen LogP contribution in [0, 0.1) is 0 Å². The van der Waals surface area contributed by atoms with Crippen molar-refractivity contribution < 1.29 is 4.79 Å². The molecule has 7 nitrogen and oxygen atoms in total. The van der Waals surface area contributed by atoms with Crippen LogP contribution in [-0.4, -0.2) is 15.7 Å². The lowest BCUT2D eigenvalue weighted by molar-refractivity contribution is -0.117. The molecule has 1 heterocycles. The van der Waals surface area contributed by atoms with Gasteiger partial charge in [-0.3, -0.25) is 19.5 Å². The first kappa shape index (κ1) is 12.6. The van der Waals surface area contributed by atoms with Gasteiger partial charge in [0, 0.05) is 23.5 Å². The Morgan fingerprint density at radius 1 is 1.26 bits per heavy atom. The van der Waals surface area contributed by atoms with Gasteiger partial charge in [-0.05, 0) is 18.2 Å². The van der Waals surface area contributed by atoms with Gasteiger partial charge in [-0.25, -0.2) is 4.68 Å². The summed E-state index contributed by atoms with van der Waals surface area (Å²) >= 11 is 0. The molecule has 98 valence electrons. The molecule has 0 atom stereocenters. The molecule has 1 amide bonds. The number of benzene rings is 1. The highest BCUT2D eigenvalue weighted by Gasteiger charge is 2.05. The van der Waals surface area contributed by atoms with E-state index in [4.69, 9.17) is 5.73 Å². The predicted octanol–water partition coefficient (Wildman–Crippen LogP) is -0.243. The first-order chi connectivity index (χ1) is 9.04. The van der Waals surface area contributed by atoms with Crippen LogP contribution in [0.2, 0.25) is 0 Å². The summed E-state index contributed by atoms with van der Waals surface area (Å²) in [7, 11) is 0. The molecule has 0 fully saturated rings. The molecule has 0 aliphatic carbocycles. The molecule has 1 aromatic heterocycles. The van der Waals surface area contributed by atoms with E-state index in [1.165, 1.54) is 0 Å². The van der Waals surface area contributed by atoms with E-state index < -0.39 is 17.0 Å². The van der Waals surface area contributed by atoms with E-state index in [2.05, 4.69) is 10.4 Å². The van der Waals surface area contributed by atoms with Crippen LogP contribution in [0.15, 0.2) is 46.0 Å². The highest BCUT2D eigenvalue weighted by Crippen LogP contribution is 2.11. The highest BCUT2D eigenvalue weighted by molar-refractivity contribution is 5.90. The largest absolute Gasteiger partial charge is 0.399 e. The Bertz CT molecular complexity index is 717. The Kier molecular flexibility index (Phi) is 3.46. The van der Waals surface area contributed by atoms with Crippen molar-refractivity contribution in [2.24, 2.45) is 0 Å². The number of H-pyrrole nitrogens is 1. The summed E-state index contributed by atoms with van der Waals surface area (Å²) in [5.74, 6) is -0.436. The summed E-state index contributed by atoms with van der Waals surface area (Å²) in [5.41, 5.74) is 5.71. The van der Waals surface area contributed by atoms with Crippen LogP contribution in [0.5, 0.6) is 0 Å². The Hall–Kier alpha value is -2.83. The third-order valence-electron chi connectivity index (χ3n) is 2.36. The first-order valence-electron chi connectivity index (χ1n) is 5.50. The van der Waals surface area contributed by atoms with Gasteiger partial charge in [0.25, 0.3) is 11.1 Å². The molecule has 0 radical (unpaired) electrons. The lowest BCUT2D eigenvalue weighted by Crippen LogP contribution is -2.32. The fraction of sp³-hybridized carbons (Fsp3) is 0.0833. The molecule has 19 heavy (non-hydrogen) atoms. The molecule has 0 unspecified atom stereocenters.